The van der Waals surface area contributed by atoms with E-state index in [4.69, 9.17) is 4.42 Å². The van der Waals surface area contributed by atoms with Gasteiger partial charge in [0.15, 0.2) is 0 Å². The Labute approximate surface area is 146 Å². The standard InChI is InChI=1S/C21H20FNO2/c22-18-8-4-5-16(15-18)13-14-23-21(24)12-10-19-9-11-20(25-19)17-6-2-1-3-7-17/h1-9,11,15H,10,12-14H2,(H,23,24). The molecule has 0 bridgehead atoms. The highest BCUT2D eigenvalue weighted by atomic mass is 19.1. The molecule has 0 atom stereocenters. The molecule has 3 aromatic rings. The van der Waals surface area contributed by atoms with Gasteiger partial charge in [-0.1, -0.05) is 42.5 Å². The quantitative estimate of drug-likeness (QED) is 0.695. The monoisotopic (exact) mass is 337 g/mol. The molecule has 0 saturated heterocycles. The molecule has 1 N–H and O–H groups in total. The Balaban J connectivity index is 1.43. The predicted octanol–water partition coefficient (Wildman–Crippen LogP) is 4.38. The van der Waals surface area contributed by atoms with Gasteiger partial charge < -0.3 is 9.73 Å². The molecular formula is C21H20FNO2. The number of hydrogen-bond donors (Lipinski definition) is 1. The lowest BCUT2D eigenvalue weighted by atomic mass is 10.1. The van der Waals surface area contributed by atoms with Gasteiger partial charge >= 0.3 is 0 Å². The van der Waals surface area contributed by atoms with E-state index in [9.17, 15) is 9.18 Å². The molecule has 0 saturated carbocycles. The maximum atomic E-state index is 13.1. The number of benzene rings is 2. The van der Waals surface area contributed by atoms with Crippen molar-refractivity contribution in [2.24, 2.45) is 0 Å². The van der Waals surface area contributed by atoms with Crippen LogP contribution in [0, 0.1) is 5.82 Å². The second-order valence-electron chi connectivity index (χ2n) is 5.86. The van der Waals surface area contributed by atoms with Gasteiger partial charge in [0, 0.05) is 24.9 Å². The number of nitrogens with one attached hydrogen (secondary N) is 1. The molecule has 0 spiro atoms. The van der Waals surface area contributed by atoms with Crippen LogP contribution in [0.5, 0.6) is 0 Å². The summed E-state index contributed by atoms with van der Waals surface area (Å²) < 4.78 is 18.9. The van der Waals surface area contributed by atoms with Gasteiger partial charge in [-0.3, -0.25) is 4.79 Å². The third kappa shape index (κ3) is 5.05. The Kier molecular flexibility index (Phi) is 5.62. The van der Waals surface area contributed by atoms with E-state index in [-0.39, 0.29) is 11.7 Å². The van der Waals surface area contributed by atoms with Crippen LogP contribution in [0.1, 0.15) is 17.7 Å². The molecule has 2 aromatic carbocycles. The van der Waals surface area contributed by atoms with Gasteiger partial charge in [-0.15, -0.1) is 0 Å². The van der Waals surface area contributed by atoms with Crippen molar-refractivity contribution in [3.63, 3.8) is 0 Å². The highest BCUT2D eigenvalue weighted by molar-refractivity contribution is 5.76. The lowest BCUT2D eigenvalue weighted by Gasteiger charge is -2.05. The Hall–Kier alpha value is -2.88. The van der Waals surface area contributed by atoms with Crippen LogP contribution in [0.2, 0.25) is 0 Å². The number of hydrogen-bond acceptors (Lipinski definition) is 2. The first-order valence-corrected chi connectivity index (χ1v) is 8.36. The zero-order valence-electron chi connectivity index (χ0n) is 13.9. The Morgan fingerprint density at radius 1 is 0.960 bits per heavy atom. The molecule has 3 rings (SSSR count). The van der Waals surface area contributed by atoms with E-state index in [1.54, 1.807) is 6.07 Å². The fraction of sp³-hybridized carbons (Fsp3) is 0.190. The van der Waals surface area contributed by atoms with Crippen molar-refractivity contribution < 1.29 is 13.6 Å². The van der Waals surface area contributed by atoms with Crippen molar-refractivity contribution in [2.75, 3.05) is 6.54 Å². The molecular weight excluding hydrogens is 317 g/mol. The highest BCUT2D eigenvalue weighted by Crippen LogP contribution is 2.22. The number of halogens is 1. The summed E-state index contributed by atoms with van der Waals surface area (Å²) in [7, 11) is 0. The van der Waals surface area contributed by atoms with Crippen LogP contribution in [-0.4, -0.2) is 12.5 Å². The van der Waals surface area contributed by atoms with Crippen molar-refractivity contribution in [1.29, 1.82) is 0 Å². The molecule has 4 heteroatoms. The highest BCUT2D eigenvalue weighted by Gasteiger charge is 2.07. The van der Waals surface area contributed by atoms with Crippen LogP contribution in [0.15, 0.2) is 71.1 Å². The van der Waals surface area contributed by atoms with Crippen LogP contribution in [0.4, 0.5) is 4.39 Å². The Bertz CT molecular complexity index is 827. The summed E-state index contributed by atoms with van der Waals surface area (Å²) >= 11 is 0. The van der Waals surface area contributed by atoms with Crippen molar-refractivity contribution in [2.45, 2.75) is 19.3 Å². The number of amides is 1. The summed E-state index contributed by atoms with van der Waals surface area (Å²) in [6, 6.07) is 20.1. The molecule has 0 unspecified atom stereocenters. The normalized spacial score (nSPS) is 10.6. The molecule has 0 aliphatic carbocycles. The van der Waals surface area contributed by atoms with E-state index in [0.29, 0.717) is 25.8 Å². The first-order chi connectivity index (χ1) is 12.2. The molecule has 0 fully saturated rings. The summed E-state index contributed by atoms with van der Waals surface area (Å²) in [4.78, 5) is 11.9. The number of carbonyl (C=O) groups is 1. The number of aryl methyl sites for hydroxylation is 1. The molecule has 25 heavy (non-hydrogen) atoms. The zero-order chi connectivity index (χ0) is 17.5. The first kappa shape index (κ1) is 17.0. The molecule has 128 valence electrons. The van der Waals surface area contributed by atoms with Crippen LogP contribution >= 0.6 is 0 Å². The maximum absolute atomic E-state index is 13.1. The molecule has 0 aliphatic rings. The summed E-state index contributed by atoms with van der Waals surface area (Å²) in [6.07, 6.45) is 1.53. The second-order valence-corrected chi connectivity index (χ2v) is 5.86. The smallest absolute Gasteiger partial charge is 0.220 e. The van der Waals surface area contributed by atoms with Gasteiger partial charge in [0.25, 0.3) is 0 Å². The predicted molar refractivity (Wildman–Crippen MR) is 95.6 cm³/mol. The summed E-state index contributed by atoms with van der Waals surface area (Å²) in [5.74, 6) is 1.31. The fourth-order valence-corrected chi connectivity index (χ4v) is 2.63. The van der Waals surface area contributed by atoms with Crippen molar-refractivity contribution in [3.05, 3.63) is 83.9 Å². The summed E-state index contributed by atoms with van der Waals surface area (Å²) in [5, 5.41) is 2.86. The van der Waals surface area contributed by atoms with Crippen molar-refractivity contribution in [1.82, 2.24) is 5.32 Å². The van der Waals surface area contributed by atoms with Gasteiger partial charge in [0.05, 0.1) is 0 Å². The van der Waals surface area contributed by atoms with E-state index in [1.807, 2.05) is 48.5 Å². The number of furan rings is 1. The van der Waals surface area contributed by atoms with E-state index >= 15 is 0 Å². The average Bonchev–Trinajstić information content (AvgIpc) is 3.10. The van der Waals surface area contributed by atoms with Crippen molar-refractivity contribution in [3.8, 4) is 11.3 Å². The van der Waals surface area contributed by atoms with Crippen molar-refractivity contribution >= 4 is 5.91 Å². The molecule has 1 amide bonds. The van der Waals surface area contributed by atoms with Crippen LogP contribution in [0.3, 0.4) is 0 Å². The number of carbonyl (C=O) groups excluding carboxylic acids is 1. The summed E-state index contributed by atoms with van der Waals surface area (Å²) in [5.41, 5.74) is 1.90. The number of rotatable bonds is 7. The topological polar surface area (TPSA) is 42.2 Å². The minimum atomic E-state index is -0.254. The van der Waals surface area contributed by atoms with E-state index in [1.165, 1.54) is 12.1 Å². The largest absolute Gasteiger partial charge is 0.461 e. The molecule has 0 radical (unpaired) electrons. The van der Waals surface area contributed by atoms with Gasteiger partial charge in [-0.25, -0.2) is 4.39 Å². The average molecular weight is 337 g/mol. The summed E-state index contributed by atoms with van der Waals surface area (Å²) in [6.45, 7) is 0.496. The second kappa shape index (κ2) is 8.29. The fourth-order valence-electron chi connectivity index (χ4n) is 2.63. The minimum Gasteiger partial charge on any atom is -0.461 e. The van der Waals surface area contributed by atoms with E-state index in [0.717, 1.165) is 22.6 Å². The van der Waals surface area contributed by atoms with Gasteiger partial charge in [-0.2, -0.15) is 0 Å². The molecule has 3 nitrogen and oxygen atoms in total. The molecule has 1 aromatic heterocycles. The third-order valence-electron chi connectivity index (χ3n) is 3.94. The molecule has 1 heterocycles. The van der Waals surface area contributed by atoms with Gasteiger partial charge in [0.1, 0.15) is 17.3 Å². The molecule has 0 aliphatic heterocycles. The zero-order valence-corrected chi connectivity index (χ0v) is 13.9. The van der Waals surface area contributed by atoms with E-state index < -0.39 is 0 Å². The van der Waals surface area contributed by atoms with Crippen LogP contribution < -0.4 is 5.32 Å². The minimum absolute atomic E-state index is 0.0333. The van der Waals surface area contributed by atoms with Crippen LogP contribution in [0.25, 0.3) is 11.3 Å². The maximum Gasteiger partial charge on any atom is 0.220 e. The lowest BCUT2D eigenvalue weighted by molar-refractivity contribution is -0.121. The Morgan fingerprint density at radius 3 is 2.60 bits per heavy atom. The Morgan fingerprint density at radius 2 is 1.80 bits per heavy atom. The first-order valence-electron chi connectivity index (χ1n) is 8.36. The van der Waals surface area contributed by atoms with Gasteiger partial charge in [0.2, 0.25) is 5.91 Å². The van der Waals surface area contributed by atoms with E-state index in [2.05, 4.69) is 5.32 Å². The third-order valence-corrected chi connectivity index (χ3v) is 3.94. The van der Waals surface area contributed by atoms with Crippen LogP contribution in [-0.2, 0) is 17.6 Å². The SMILES string of the molecule is O=C(CCc1ccc(-c2ccccc2)o1)NCCc1cccc(F)c1. The lowest BCUT2D eigenvalue weighted by Crippen LogP contribution is -2.25. The van der Waals surface area contributed by atoms with Gasteiger partial charge in [-0.05, 0) is 36.2 Å².